The highest BCUT2D eigenvalue weighted by atomic mass is 16.6. The van der Waals surface area contributed by atoms with Crippen molar-refractivity contribution in [3.63, 3.8) is 0 Å². The van der Waals surface area contributed by atoms with Crippen LogP contribution in [0.2, 0.25) is 0 Å². The molecular formula is C83H90N12O19. The number of aromatic amines is 2. The maximum atomic E-state index is 13.5. The zero-order valence-electron chi connectivity index (χ0n) is 65.1. The van der Waals surface area contributed by atoms with Crippen molar-refractivity contribution >= 4 is 6.09 Å². The number of phenolic OH excluding ortho intramolecular Hbond substituents is 5. The summed E-state index contributed by atoms with van der Waals surface area (Å²) in [6.07, 6.45) is 2.66. The van der Waals surface area contributed by atoms with E-state index >= 15 is 0 Å². The first kappa shape index (κ1) is 80.1. The van der Waals surface area contributed by atoms with Crippen LogP contribution in [0, 0.1) is 0 Å². The van der Waals surface area contributed by atoms with Gasteiger partial charge in [0.05, 0.1) is 91.8 Å². The number of ether oxygens (including phenoxy) is 9. The number of hydrogen-bond acceptors (Lipinski definition) is 26. The Hall–Kier alpha value is -13.4. The number of aromatic nitrogens is 8. The zero-order chi connectivity index (χ0) is 81.0. The number of phenols is 5. The number of methoxy groups -OCH3 is 8. The molecule has 114 heavy (non-hydrogen) atoms. The number of nitrogens with zero attached hydrogens (tertiary/aromatic N) is 9. The lowest BCUT2D eigenvalue weighted by atomic mass is 9.98. The van der Waals surface area contributed by atoms with Crippen LogP contribution in [0.15, 0.2) is 164 Å². The molecule has 0 atom stereocenters. The van der Waals surface area contributed by atoms with Crippen LogP contribution in [-0.4, -0.2) is 195 Å². The minimum atomic E-state index is -0.504. The molecule has 14 rings (SSSR count). The Morgan fingerprint density at radius 1 is 0.421 bits per heavy atom. The van der Waals surface area contributed by atoms with Crippen molar-refractivity contribution in [1.82, 2.24) is 59.9 Å². The predicted octanol–water partition coefficient (Wildman–Crippen LogP) is 12.4. The zero-order valence-corrected chi connectivity index (χ0v) is 65.1. The Morgan fingerprint density at radius 2 is 0.816 bits per heavy atom. The van der Waals surface area contributed by atoms with E-state index in [1.54, 1.807) is 99.3 Å². The normalized spacial score (nSPS) is 13.0. The first-order chi connectivity index (χ1) is 55.1. The molecule has 2 saturated heterocycles. The summed E-state index contributed by atoms with van der Waals surface area (Å²) in [5, 5.41) is 76.1. The molecule has 31 heteroatoms. The summed E-state index contributed by atoms with van der Waals surface area (Å²) >= 11 is 0. The van der Waals surface area contributed by atoms with E-state index in [2.05, 4.69) is 45.8 Å². The van der Waals surface area contributed by atoms with Gasteiger partial charge in [-0.15, -0.1) is 0 Å². The second kappa shape index (κ2) is 35.7. The van der Waals surface area contributed by atoms with E-state index in [1.807, 2.05) is 88.4 Å². The molecule has 596 valence electrons. The molecule has 12 aromatic rings. The van der Waals surface area contributed by atoms with Crippen LogP contribution in [0.25, 0.3) is 79.1 Å². The Kier molecular flexibility index (Phi) is 25.1. The fourth-order valence-electron chi connectivity index (χ4n) is 13.6. The fourth-order valence-corrected chi connectivity index (χ4v) is 13.6. The minimum absolute atomic E-state index is 0.0187. The number of hydrogen-bond donors (Lipinski definition) is 8. The lowest BCUT2D eigenvalue weighted by molar-refractivity contribution is 0.107. The second-order valence-corrected chi connectivity index (χ2v) is 27.2. The van der Waals surface area contributed by atoms with Crippen molar-refractivity contribution in [3.05, 3.63) is 189 Å². The summed E-state index contributed by atoms with van der Waals surface area (Å²) in [5.74, 6) is 5.07. The van der Waals surface area contributed by atoms with Crippen molar-refractivity contribution in [2.75, 3.05) is 109 Å². The average molecular weight is 1560 g/mol. The van der Waals surface area contributed by atoms with Crippen LogP contribution >= 0.6 is 0 Å². The van der Waals surface area contributed by atoms with Crippen LogP contribution in [-0.2, 0) is 13.1 Å². The predicted molar refractivity (Wildman–Crippen MR) is 424 cm³/mol. The van der Waals surface area contributed by atoms with Gasteiger partial charge in [-0.1, -0.05) is 74.4 Å². The molecule has 0 spiro atoms. The molecule has 0 bridgehead atoms. The molecule has 1 amide bonds. The first-order valence-electron chi connectivity index (χ1n) is 36.4. The van der Waals surface area contributed by atoms with Crippen molar-refractivity contribution in [2.45, 2.75) is 52.6 Å². The number of nitrogens with one attached hydrogen (secondary N) is 3. The second-order valence-electron chi connectivity index (χ2n) is 27.2. The number of rotatable bonds is 23. The van der Waals surface area contributed by atoms with Gasteiger partial charge in [-0.25, -0.2) is 33.7 Å². The molecule has 31 nitrogen and oxygen atoms in total. The fraction of sp³-hybridized carbons (Fsp3) is 0.289. The smallest absolute Gasteiger partial charge is 0.415 e. The molecule has 2 aliphatic heterocycles. The van der Waals surface area contributed by atoms with Crippen LogP contribution in [0.3, 0.4) is 0 Å². The van der Waals surface area contributed by atoms with Gasteiger partial charge in [0.2, 0.25) is 11.5 Å². The summed E-state index contributed by atoms with van der Waals surface area (Å²) in [5.41, 5.74) is 8.65. The molecule has 0 unspecified atom stereocenters. The average Bonchev–Trinajstić information content (AvgIpc) is 1.58. The summed E-state index contributed by atoms with van der Waals surface area (Å²) < 4.78 is 63.1. The number of aromatic hydroxyl groups is 5. The first-order valence-corrected chi connectivity index (χ1v) is 36.4. The van der Waals surface area contributed by atoms with E-state index < -0.39 is 17.5 Å². The van der Waals surface area contributed by atoms with Crippen LogP contribution in [0.4, 0.5) is 4.79 Å². The van der Waals surface area contributed by atoms with Gasteiger partial charge in [0.1, 0.15) is 23.0 Å². The molecule has 8 aromatic carbocycles. The van der Waals surface area contributed by atoms with Gasteiger partial charge in [-0.2, -0.15) is 10.2 Å². The molecule has 2 aliphatic rings. The van der Waals surface area contributed by atoms with Gasteiger partial charge in [-0.3, -0.25) is 9.80 Å². The van der Waals surface area contributed by atoms with E-state index in [9.17, 15) is 39.9 Å². The quantitative estimate of drug-likeness (QED) is 0.0295. The summed E-state index contributed by atoms with van der Waals surface area (Å²) in [6, 6.07) is 38.6. The molecule has 4 aromatic heterocycles. The van der Waals surface area contributed by atoms with Crippen LogP contribution in [0.5, 0.6) is 80.5 Å². The number of carbonyl (C=O) groups is 1. The lowest BCUT2D eigenvalue weighted by Crippen LogP contribution is -2.49. The molecule has 0 aliphatic carbocycles. The number of carbonyl (C=O) groups excluding carboxylic acids is 1. The standard InChI is InChI=1S/C42H44N6O10.C22H27N5O3.C19H19NO6/c1-24(2)29-20-30(33(50)21-32(29)49)40-44-45-41(51)48(40)28-10-7-25(8-11-28)23-46-13-15-47(16-14-46)42(52)57-35-17-26(9-12-34(35)53-3)31-22-43-58-38(31)27-18-36(54-4)39(56-6)37(19-27)55-5;1-14(2)17-11-18(20(29)12-19(17)28)21-24-25-22(30)27(21)16-5-3-15(4-6-16)13-26-9-7-23-8-10-26;1-22-15-6-5-11(7-14(15)21)13-10-20-26-18(13)12-8-16(23-2)19(25-4)17(9-12)24-3/h7-12,17-22,24,49-50H,13-16,23H2,1-6H3,(H,45,51);3-6,11-12,14,23,28-29H,7-10,13H2,1-2H3,(H,25,30);5-10,21H,1-4H3. The lowest BCUT2D eigenvalue weighted by Gasteiger charge is -2.34. The maximum Gasteiger partial charge on any atom is 0.415 e. The third kappa shape index (κ3) is 17.4. The van der Waals surface area contributed by atoms with Gasteiger partial charge in [0.15, 0.2) is 69.2 Å². The van der Waals surface area contributed by atoms with Gasteiger partial charge >= 0.3 is 17.5 Å². The van der Waals surface area contributed by atoms with E-state index in [0.29, 0.717) is 158 Å². The molecular weight excluding hydrogens is 1470 g/mol. The molecule has 0 radical (unpaired) electrons. The van der Waals surface area contributed by atoms with E-state index in [-0.39, 0.29) is 52.2 Å². The largest absolute Gasteiger partial charge is 0.508 e. The SMILES string of the molecule is CC(C)c1cc(-c2n[nH]c(=O)n2-c2ccc(CN3CCNCC3)cc2)c(O)cc1O.COc1ccc(-c2cnoc2-c2cc(OC)c(OC)c(OC)c2)cc1O.COc1ccc(-c2cnoc2-c2cc(OC)c(OC)c(OC)c2)cc1OC(=O)N1CCN(Cc2ccc(-n3c(-c4cc(C(C)C)c(O)cc4O)n[nH]c3=O)cc2)CC1. The van der Waals surface area contributed by atoms with E-state index in [1.165, 1.54) is 62.4 Å². The molecule has 0 saturated carbocycles. The van der Waals surface area contributed by atoms with Crippen LogP contribution in [0.1, 0.15) is 61.8 Å². The number of amides is 1. The van der Waals surface area contributed by atoms with Crippen molar-refractivity contribution in [2.24, 2.45) is 0 Å². The Morgan fingerprint density at radius 3 is 1.21 bits per heavy atom. The van der Waals surface area contributed by atoms with E-state index in [0.717, 1.165) is 43.9 Å². The van der Waals surface area contributed by atoms with Crippen molar-refractivity contribution in [3.8, 4) is 160 Å². The van der Waals surface area contributed by atoms with Gasteiger partial charge in [0, 0.05) is 99.8 Å². The highest BCUT2D eigenvalue weighted by Crippen LogP contribution is 2.47. The third-order valence-corrected chi connectivity index (χ3v) is 19.6. The van der Waals surface area contributed by atoms with Crippen molar-refractivity contribution < 1.29 is 82.0 Å². The topological polar surface area (TPSA) is 376 Å². The summed E-state index contributed by atoms with van der Waals surface area (Å²) in [7, 11) is 12.2. The van der Waals surface area contributed by atoms with Crippen molar-refractivity contribution in [1.29, 1.82) is 0 Å². The highest BCUT2D eigenvalue weighted by molar-refractivity contribution is 5.84. The Balaban J connectivity index is 0.000000178. The van der Waals surface area contributed by atoms with Crippen LogP contribution < -0.4 is 59.3 Å². The van der Waals surface area contributed by atoms with E-state index in [4.69, 9.17) is 51.7 Å². The summed E-state index contributed by atoms with van der Waals surface area (Å²) in [4.78, 5) is 45.2. The van der Waals surface area contributed by atoms with Gasteiger partial charge in [-0.05, 0) is 130 Å². The number of piperazine rings is 2. The molecule has 2 fully saturated rings. The minimum Gasteiger partial charge on any atom is -0.508 e. The van der Waals surface area contributed by atoms with Gasteiger partial charge in [0.25, 0.3) is 0 Å². The Bertz CT molecular complexity index is 5430. The molecule has 8 N–H and O–H groups in total. The monoisotopic (exact) mass is 1560 g/mol. The Labute approximate surface area is 655 Å². The highest BCUT2D eigenvalue weighted by Gasteiger charge is 2.29. The maximum absolute atomic E-state index is 13.5. The molecule has 6 heterocycles. The number of H-pyrrole nitrogens is 2. The summed E-state index contributed by atoms with van der Waals surface area (Å²) in [6.45, 7) is 15.4. The third-order valence-electron chi connectivity index (χ3n) is 19.6. The van der Waals surface area contributed by atoms with Gasteiger partial charge < -0.3 is 87.4 Å². The number of benzene rings is 8.